The quantitative estimate of drug-likeness (QED) is 0.568. The van der Waals surface area contributed by atoms with Crippen molar-refractivity contribution in [1.82, 2.24) is 0 Å². The molecule has 1 aliphatic rings. The van der Waals surface area contributed by atoms with Gasteiger partial charge in [-0.05, 0) is 36.8 Å². The number of aromatic hydroxyl groups is 1. The first-order valence-electron chi connectivity index (χ1n) is 10.2. The molecule has 2 aromatic rings. The van der Waals surface area contributed by atoms with Gasteiger partial charge < -0.3 is 29.4 Å². The molecule has 0 heterocycles. The van der Waals surface area contributed by atoms with Crippen molar-refractivity contribution in [1.29, 1.82) is 0 Å². The molecule has 1 amide bonds. The summed E-state index contributed by atoms with van der Waals surface area (Å²) in [6, 6.07) is 9.25. The Kier molecular flexibility index (Phi) is 7.25. The number of benzene rings is 2. The second-order valence-electron chi connectivity index (χ2n) is 7.38. The molecular formula is C25H25NO8. The van der Waals surface area contributed by atoms with Crippen LogP contribution in [0, 0.1) is 0 Å². The molecular weight excluding hydrogens is 442 g/mol. The third kappa shape index (κ3) is 4.59. The second kappa shape index (κ2) is 10.1. The molecule has 9 nitrogen and oxygen atoms in total. The lowest BCUT2D eigenvalue weighted by Crippen LogP contribution is -2.26. The van der Waals surface area contributed by atoms with Crippen molar-refractivity contribution in [2.45, 2.75) is 13.3 Å². The SMILES string of the molecule is COC1=C(OC)C(=O)C(Cc2ccc(O)c(C(=O)Nc3ccc(OC)c(OC)c3)c2)=C(C)C1=O. The van der Waals surface area contributed by atoms with Gasteiger partial charge in [0.1, 0.15) is 5.75 Å². The van der Waals surface area contributed by atoms with Gasteiger partial charge in [-0.3, -0.25) is 14.4 Å². The maximum absolute atomic E-state index is 12.9. The number of hydrogen-bond donors (Lipinski definition) is 2. The number of methoxy groups -OCH3 is 4. The molecule has 0 spiro atoms. The van der Waals surface area contributed by atoms with Gasteiger partial charge >= 0.3 is 0 Å². The zero-order valence-electron chi connectivity index (χ0n) is 19.5. The number of anilines is 1. The number of Topliss-reactive ketones (excluding diaryl/α,β-unsaturated/α-hetero) is 2. The number of allylic oxidation sites excluding steroid dienone is 2. The number of rotatable bonds is 8. The van der Waals surface area contributed by atoms with Gasteiger partial charge in [-0.2, -0.15) is 0 Å². The largest absolute Gasteiger partial charge is 0.507 e. The highest BCUT2D eigenvalue weighted by Gasteiger charge is 2.34. The lowest BCUT2D eigenvalue weighted by molar-refractivity contribution is -0.121. The van der Waals surface area contributed by atoms with Crippen LogP contribution in [0.15, 0.2) is 59.1 Å². The van der Waals surface area contributed by atoms with E-state index in [1.165, 1.54) is 47.5 Å². The minimum atomic E-state index is -0.567. The highest BCUT2D eigenvalue weighted by Crippen LogP contribution is 2.31. The molecule has 0 saturated heterocycles. The smallest absolute Gasteiger partial charge is 0.259 e. The molecule has 0 fully saturated rings. The van der Waals surface area contributed by atoms with Crippen LogP contribution in [0.3, 0.4) is 0 Å². The Labute approximate surface area is 196 Å². The summed E-state index contributed by atoms with van der Waals surface area (Å²) in [5, 5.41) is 13.0. The number of phenols is 1. The molecule has 178 valence electrons. The Morgan fingerprint density at radius 2 is 1.50 bits per heavy atom. The normalized spacial score (nSPS) is 13.7. The summed E-state index contributed by atoms with van der Waals surface area (Å²) in [6.45, 7) is 1.53. The molecule has 0 aliphatic heterocycles. The van der Waals surface area contributed by atoms with Gasteiger partial charge in [0.15, 0.2) is 11.5 Å². The van der Waals surface area contributed by atoms with E-state index in [1.807, 2.05) is 0 Å². The number of phenolic OH excluding ortho intramolecular Hbond substituents is 1. The zero-order chi connectivity index (χ0) is 25.0. The van der Waals surface area contributed by atoms with Crippen molar-refractivity contribution in [3.05, 3.63) is 70.2 Å². The number of carbonyl (C=O) groups excluding carboxylic acids is 3. The van der Waals surface area contributed by atoms with Gasteiger partial charge in [0, 0.05) is 29.3 Å². The zero-order valence-corrected chi connectivity index (χ0v) is 19.5. The number of ether oxygens (including phenoxy) is 4. The van der Waals surface area contributed by atoms with E-state index in [2.05, 4.69) is 5.32 Å². The highest BCUT2D eigenvalue weighted by molar-refractivity contribution is 6.23. The first kappa shape index (κ1) is 24.4. The first-order chi connectivity index (χ1) is 16.2. The molecule has 0 aromatic heterocycles. The van der Waals surface area contributed by atoms with Crippen LogP contribution in [-0.2, 0) is 25.5 Å². The Morgan fingerprint density at radius 1 is 0.853 bits per heavy atom. The molecule has 0 bridgehead atoms. The van der Waals surface area contributed by atoms with Crippen LogP contribution in [0.25, 0.3) is 0 Å². The van der Waals surface area contributed by atoms with Crippen LogP contribution in [0.4, 0.5) is 5.69 Å². The highest BCUT2D eigenvalue weighted by atomic mass is 16.5. The Balaban J connectivity index is 1.88. The van der Waals surface area contributed by atoms with Gasteiger partial charge in [-0.15, -0.1) is 0 Å². The molecule has 0 saturated carbocycles. The van der Waals surface area contributed by atoms with Crippen LogP contribution in [0.2, 0.25) is 0 Å². The van der Waals surface area contributed by atoms with Crippen molar-refractivity contribution < 1.29 is 38.4 Å². The van der Waals surface area contributed by atoms with Crippen LogP contribution in [-0.4, -0.2) is 51.0 Å². The van der Waals surface area contributed by atoms with Crippen molar-refractivity contribution in [2.24, 2.45) is 0 Å². The van der Waals surface area contributed by atoms with Crippen molar-refractivity contribution in [3.63, 3.8) is 0 Å². The van der Waals surface area contributed by atoms with Gasteiger partial charge in [0.05, 0.1) is 34.0 Å². The fourth-order valence-electron chi connectivity index (χ4n) is 3.60. The third-order valence-corrected chi connectivity index (χ3v) is 5.42. The van der Waals surface area contributed by atoms with E-state index in [9.17, 15) is 19.5 Å². The number of nitrogens with one attached hydrogen (secondary N) is 1. The summed E-state index contributed by atoms with van der Waals surface area (Å²) in [5.74, 6) is -1.10. The average Bonchev–Trinajstić information content (AvgIpc) is 2.84. The first-order valence-corrected chi connectivity index (χ1v) is 10.2. The monoisotopic (exact) mass is 467 g/mol. The molecule has 0 unspecified atom stereocenters. The van der Waals surface area contributed by atoms with Crippen molar-refractivity contribution >= 4 is 23.2 Å². The van der Waals surface area contributed by atoms with E-state index >= 15 is 0 Å². The molecule has 2 N–H and O–H groups in total. The molecule has 34 heavy (non-hydrogen) atoms. The maximum atomic E-state index is 12.9. The fourth-order valence-corrected chi connectivity index (χ4v) is 3.60. The lowest BCUT2D eigenvalue weighted by Gasteiger charge is -2.20. The summed E-state index contributed by atoms with van der Waals surface area (Å²) < 4.78 is 20.6. The number of ketones is 2. The van der Waals surface area contributed by atoms with Crippen molar-refractivity contribution in [3.8, 4) is 17.2 Å². The second-order valence-corrected chi connectivity index (χ2v) is 7.38. The number of hydrogen-bond acceptors (Lipinski definition) is 8. The summed E-state index contributed by atoms with van der Waals surface area (Å²) in [5.41, 5.74) is 1.43. The van der Waals surface area contributed by atoms with E-state index in [4.69, 9.17) is 18.9 Å². The fraction of sp³-hybridized carbons (Fsp3) is 0.240. The Hall–Kier alpha value is -4.27. The van der Waals surface area contributed by atoms with Gasteiger partial charge in [-0.25, -0.2) is 0 Å². The third-order valence-electron chi connectivity index (χ3n) is 5.42. The Morgan fingerprint density at radius 3 is 2.12 bits per heavy atom. The summed E-state index contributed by atoms with van der Waals surface area (Å²) in [7, 11) is 5.56. The summed E-state index contributed by atoms with van der Waals surface area (Å²) >= 11 is 0. The van der Waals surface area contributed by atoms with Gasteiger partial charge in [0.25, 0.3) is 5.91 Å². The predicted molar refractivity (Wildman–Crippen MR) is 123 cm³/mol. The molecule has 1 aliphatic carbocycles. The summed E-state index contributed by atoms with van der Waals surface area (Å²) in [4.78, 5) is 38.4. The van der Waals surface area contributed by atoms with Crippen LogP contribution in [0.1, 0.15) is 22.8 Å². The molecule has 0 radical (unpaired) electrons. The minimum Gasteiger partial charge on any atom is -0.507 e. The van der Waals surface area contributed by atoms with Crippen LogP contribution >= 0.6 is 0 Å². The minimum absolute atomic E-state index is 0.000195. The molecule has 3 rings (SSSR count). The van der Waals surface area contributed by atoms with E-state index in [1.54, 1.807) is 24.3 Å². The topological polar surface area (TPSA) is 120 Å². The predicted octanol–water partition coefficient (Wildman–Crippen LogP) is 3.18. The Bertz CT molecular complexity index is 1230. The van der Waals surface area contributed by atoms with E-state index in [0.29, 0.717) is 22.7 Å². The number of carbonyl (C=O) groups is 3. The van der Waals surface area contributed by atoms with E-state index in [-0.39, 0.29) is 40.4 Å². The average molecular weight is 467 g/mol. The molecule has 0 atom stereocenters. The standard InChI is InChI=1S/C25H25NO8/c1-13-16(22(29)24(34-5)23(33-4)21(13)28)10-14-6-8-18(27)17(11-14)25(30)26-15-7-9-19(31-2)20(12-15)32-3/h6-9,11-12,27H,10H2,1-5H3,(H,26,30). The van der Waals surface area contributed by atoms with Gasteiger partial charge in [-0.1, -0.05) is 6.07 Å². The van der Waals surface area contributed by atoms with Gasteiger partial charge in [0.2, 0.25) is 23.1 Å². The maximum Gasteiger partial charge on any atom is 0.259 e. The molecule has 9 heteroatoms. The van der Waals surface area contributed by atoms with E-state index in [0.717, 1.165) is 0 Å². The van der Waals surface area contributed by atoms with E-state index < -0.39 is 17.5 Å². The summed E-state index contributed by atoms with van der Waals surface area (Å²) in [6.07, 6.45) is 0.0528. The van der Waals surface area contributed by atoms with Crippen LogP contribution in [0.5, 0.6) is 17.2 Å². The van der Waals surface area contributed by atoms with Crippen LogP contribution < -0.4 is 14.8 Å². The number of amides is 1. The molecule has 2 aromatic carbocycles. The van der Waals surface area contributed by atoms with Crippen molar-refractivity contribution in [2.75, 3.05) is 33.8 Å². The lowest BCUT2D eigenvalue weighted by atomic mass is 9.88.